The summed E-state index contributed by atoms with van der Waals surface area (Å²) in [5.74, 6) is 0. The average Bonchev–Trinajstić information content (AvgIpc) is 2.54. The van der Waals surface area contributed by atoms with E-state index in [0.29, 0.717) is 0 Å². The average molecular weight is 461 g/mol. The quantitative estimate of drug-likeness (QED) is 0.282. The molecule has 0 aliphatic rings. The Morgan fingerprint density at radius 1 is 0.864 bits per heavy atom. The van der Waals surface area contributed by atoms with Gasteiger partial charge in [0.25, 0.3) is 0 Å². The van der Waals surface area contributed by atoms with Crippen molar-refractivity contribution >= 4 is 21.5 Å². The van der Waals surface area contributed by atoms with Gasteiger partial charge in [0, 0.05) is 26.3 Å². The Balaban J connectivity index is 0.00000144. The summed E-state index contributed by atoms with van der Waals surface area (Å²) in [7, 11) is 0. The Morgan fingerprint density at radius 3 is 2.59 bits per heavy atom. The van der Waals surface area contributed by atoms with Gasteiger partial charge in [-0.25, -0.2) is 0 Å². The van der Waals surface area contributed by atoms with Crippen LogP contribution in [0.1, 0.15) is 5.56 Å². The van der Waals surface area contributed by atoms with Gasteiger partial charge in [-0.3, -0.25) is 0 Å². The van der Waals surface area contributed by atoms with Crippen LogP contribution in [0.3, 0.4) is 0 Å². The first-order chi connectivity index (χ1) is 10.3. The monoisotopic (exact) mass is 461 g/mol. The number of nitrogens with zero attached hydrogens (tertiary/aromatic N) is 1. The molecule has 0 bridgehead atoms. The van der Waals surface area contributed by atoms with Gasteiger partial charge in [0.15, 0.2) is 0 Å². The van der Waals surface area contributed by atoms with Crippen molar-refractivity contribution in [3.05, 3.63) is 78.5 Å². The molecular formula is C20H14IrN-. The van der Waals surface area contributed by atoms with Crippen LogP contribution < -0.4 is 0 Å². The maximum atomic E-state index is 4.59. The summed E-state index contributed by atoms with van der Waals surface area (Å²) in [5.41, 5.74) is 3.28. The van der Waals surface area contributed by atoms with Crippen LogP contribution in [-0.4, -0.2) is 4.98 Å². The summed E-state index contributed by atoms with van der Waals surface area (Å²) in [6, 6.07) is 24.4. The van der Waals surface area contributed by atoms with Crippen molar-refractivity contribution < 1.29 is 20.1 Å². The van der Waals surface area contributed by atoms with Crippen LogP contribution in [0, 0.1) is 13.0 Å². The Bertz CT molecular complexity index is 960. The number of hydrogen-bond acceptors (Lipinski definition) is 1. The van der Waals surface area contributed by atoms with Crippen molar-refractivity contribution in [2.24, 2.45) is 0 Å². The van der Waals surface area contributed by atoms with Gasteiger partial charge in [0.2, 0.25) is 0 Å². The number of aromatic nitrogens is 1. The number of hydrogen-bond donors (Lipinski definition) is 0. The van der Waals surface area contributed by atoms with Gasteiger partial charge in [-0.2, -0.15) is 0 Å². The van der Waals surface area contributed by atoms with E-state index in [1.54, 1.807) is 0 Å². The molecule has 1 radical (unpaired) electrons. The molecule has 1 nitrogen and oxygen atoms in total. The third-order valence-corrected chi connectivity index (χ3v) is 3.88. The largest absolute Gasteiger partial charge is 0.304 e. The third kappa shape index (κ3) is 2.45. The van der Waals surface area contributed by atoms with E-state index in [-0.39, 0.29) is 20.1 Å². The van der Waals surface area contributed by atoms with E-state index in [0.717, 1.165) is 11.3 Å². The van der Waals surface area contributed by atoms with E-state index in [1.807, 2.05) is 12.3 Å². The topological polar surface area (TPSA) is 12.9 Å². The number of fused-ring (bicyclic) bond motifs is 3. The maximum absolute atomic E-state index is 4.59. The van der Waals surface area contributed by atoms with E-state index in [1.165, 1.54) is 27.1 Å². The van der Waals surface area contributed by atoms with Crippen LogP contribution in [-0.2, 0) is 20.1 Å². The molecule has 0 saturated carbocycles. The first-order valence-electron chi connectivity index (χ1n) is 7.08. The Hall–Kier alpha value is -2.02. The van der Waals surface area contributed by atoms with Gasteiger partial charge in [-0.05, 0) is 33.3 Å². The molecule has 1 aromatic heterocycles. The van der Waals surface area contributed by atoms with E-state index in [9.17, 15) is 0 Å². The van der Waals surface area contributed by atoms with Crippen LogP contribution in [0.4, 0.5) is 0 Å². The number of benzene rings is 3. The summed E-state index contributed by atoms with van der Waals surface area (Å²) >= 11 is 0. The van der Waals surface area contributed by atoms with Crippen LogP contribution in [0.15, 0.2) is 66.9 Å². The number of aryl methyl sites for hydroxylation is 1. The van der Waals surface area contributed by atoms with Crippen LogP contribution >= 0.6 is 0 Å². The minimum Gasteiger partial charge on any atom is -0.304 e. The van der Waals surface area contributed by atoms with Crippen molar-refractivity contribution in [3.8, 4) is 11.3 Å². The van der Waals surface area contributed by atoms with E-state index in [2.05, 4.69) is 72.6 Å². The first-order valence-corrected chi connectivity index (χ1v) is 7.08. The van der Waals surface area contributed by atoms with E-state index < -0.39 is 0 Å². The molecule has 22 heavy (non-hydrogen) atoms. The second-order valence-corrected chi connectivity index (χ2v) is 5.32. The van der Waals surface area contributed by atoms with Gasteiger partial charge in [-0.15, -0.1) is 35.4 Å². The number of pyridine rings is 1. The Kier molecular flexibility index (Phi) is 4.06. The molecule has 0 aliphatic heterocycles. The van der Waals surface area contributed by atoms with Gasteiger partial charge < -0.3 is 4.98 Å². The minimum absolute atomic E-state index is 0. The van der Waals surface area contributed by atoms with E-state index >= 15 is 0 Å². The first kappa shape index (κ1) is 14.9. The predicted molar refractivity (Wildman–Crippen MR) is 88.3 cm³/mol. The van der Waals surface area contributed by atoms with Gasteiger partial charge in [0.05, 0.1) is 0 Å². The van der Waals surface area contributed by atoms with E-state index in [4.69, 9.17) is 0 Å². The second kappa shape index (κ2) is 6.00. The Morgan fingerprint density at radius 2 is 1.73 bits per heavy atom. The molecule has 109 valence electrons. The molecule has 0 saturated heterocycles. The molecule has 0 amide bonds. The molecule has 3 aromatic carbocycles. The zero-order valence-corrected chi connectivity index (χ0v) is 14.5. The maximum Gasteiger partial charge on any atom is 0.0167 e. The van der Waals surface area contributed by atoms with Crippen molar-refractivity contribution in [1.82, 2.24) is 4.98 Å². The van der Waals surface area contributed by atoms with Crippen LogP contribution in [0.25, 0.3) is 32.8 Å². The molecule has 0 spiro atoms. The van der Waals surface area contributed by atoms with Gasteiger partial charge >= 0.3 is 0 Å². The van der Waals surface area contributed by atoms with Gasteiger partial charge in [0.1, 0.15) is 0 Å². The summed E-state index contributed by atoms with van der Waals surface area (Å²) in [4.78, 5) is 4.59. The fourth-order valence-electron chi connectivity index (χ4n) is 2.87. The van der Waals surface area contributed by atoms with Crippen molar-refractivity contribution in [2.45, 2.75) is 6.92 Å². The molecule has 2 heteroatoms. The predicted octanol–water partition coefficient (Wildman–Crippen LogP) is 5.16. The van der Waals surface area contributed by atoms with Crippen molar-refractivity contribution in [2.75, 3.05) is 0 Å². The Labute approximate surface area is 143 Å². The molecule has 0 N–H and O–H groups in total. The molecule has 0 fully saturated rings. The smallest absolute Gasteiger partial charge is 0.0167 e. The fourth-order valence-corrected chi connectivity index (χ4v) is 2.87. The zero-order valence-electron chi connectivity index (χ0n) is 12.1. The second-order valence-electron chi connectivity index (χ2n) is 5.32. The molecule has 0 atom stereocenters. The summed E-state index contributed by atoms with van der Waals surface area (Å²) in [6.45, 7) is 2.10. The summed E-state index contributed by atoms with van der Waals surface area (Å²) in [5, 5.41) is 4.95. The molecule has 4 rings (SSSR count). The molecule has 4 aromatic rings. The zero-order chi connectivity index (χ0) is 14.2. The normalized spacial score (nSPS) is 10.6. The van der Waals surface area contributed by atoms with Crippen LogP contribution in [0.2, 0.25) is 0 Å². The van der Waals surface area contributed by atoms with Crippen molar-refractivity contribution in [1.29, 1.82) is 0 Å². The van der Waals surface area contributed by atoms with Gasteiger partial charge in [-0.1, -0.05) is 43.3 Å². The standard InChI is InChI=1S/C20H14N.Ir/c1-14-5-4-7-16(13-14)20-19-10-9-15-6-2-3-8-17(15)18(19)11-12-21-20;/h2-6,8-13H,1H3;/q-1;. The number of rotatable bonds is 1. The molecule has 0 unspecified atom stereocenters. The van der Waals surface area contributed by atoms with Crippen LogP contribution in [0.5, 0.6) is 0 Å². The molecular weight excluding hydrogens is 446 g/mol. The fraction of sp³-hybridized carbons (Fsp3) is 0.0500. The molecule has 1 heterocycles. The summed E-state index contributed by atoms with van der Waals surface area (Å²) < 4.78 is 0. The SMILES string of the molecule is Cc1cc[c-]c(-c2nccc3c2ccc2ccccc23)c1.[Ir]. The molecule has 0 aliphatic carbocycles. The summed E-state index contributed by atoms with van der Waals surface area (Å²) in [6.07, 6.45) is 1.89. The third-order valence-electron chi connectivity index (χ3n) is 3.88. The minimum atomic E-state index is 0. The van der Waals surface area contributed by atoms with Crippen molar-refractivity contribution in [3.63, 3.8) is 0 Å².